The molecule has 1 amide bonds. The van der Waals surface area contributed by atoms with Gasteiger partial charge >= 0.3 is 0 Å². The van der Waals surface area contributed by atoms with Crippen LogP contribution in [0.3, 0.4) is 0 Å². The molecule has 1 aliphatic rings. The van der Waals surface area contributed by atoms with Gasteiger partial charge in [-0.2, -0.15) is 10.1 Å². The fraction of sp³-hybridized carbons (Fsp3) is 0.625. The van der Waals surface area contributed by atoms with E-state index in [-0.39, 0.29) is 11.9 Å². The molecule has 0 unspecified atom stereocenters. The molecule has 0 spiro atoms. The molecule has 0 aromatic carbocycles. The van der Waals surface area contributed by atoms with Gasteiger partial charge < -0.3 is 9.42 Å². The Labute approximate surface area is 135 Å². The number of aryl methyl sites for hydroxylation is 3. The van der Waals surface area contributed by atoms with Crippen molar-refractivity contribution in [3.8, 4) is 0 Å². The van der Waals surface area contributed by atoms with E-state index in [1.165, 1.54) is 0 Å². The molecule has 124 valence electrons. The molecule has 3 rings (SSSR count). The van der Waals surface area contributed by atoms with Crippen LogP contribution in [0.2, 0.25) is 0 Å². The van der Waals surface area contributed by atoms with Gasteiger partial charge in [-0.05, 0) is 26.2 Å². The second-order valence-corrected chi connectivity index (χ2v) is 5.95. The standard InChI is InChI=1S/C16H23N5O2/c1-4-8-20-10-12(11(3)18-20)16(22)21-9-6-7-13(21)15-17-14(5-2)19-23-15/h10,13H,4-9H2,1-3H3/t13-/m0/s1. The molecule has 2 aromatic heterocycles. The minimum atomic E-state index is -0.121. The fourth-order valence-electron chi connectivity index (χ4n) is 3.04. The Hall–Kier alpha value is -2.18. The van der Waals surface area contributed by atoms with Crippen molar-refractivity contribution in [2.75, 3.05) is 6.54 Å². The highest BCUT2D eigenvalue weighted by Gasteiger charge is 2.35. The van der Waals surface area contributed by atoms with E-state index in [1.807, 2.05) is 29.6 Å². The Morgan fingerprint density at radius 2 is 2.26 bits per heavy atom. The van der Waals surface area contributed by atoms with Crippen LogP contribution in [0, 0.1) is 6.92 Å². The van der Waals surface area contributed by atoms with Crippen LogP contribution >= 0.6 is 0 Å². The van der Waals surface area contributed by atoms with Crippen molar-refractivity contribution in [3.05, 3.63) is 29.2 Å². The summed E-state index contributed by atoms with van der Waals surface area (Å²) in [6.07, 6.45) is 5.37. The number of amides is 1. The topological polar surface area (TPSA) is 77.0 Å². The van der Waals surface area contributed by atoms with E-state index in [1.54, 1.807) is 0 Å². The number of hydrogen-bond acceptors (Lipinski definition) is 5. The maximum atomic E-state index is 12.9. The largest absolute Gasteiger partial charge is 0.337 e. The van der Waals surface area contributed by atoms with E-state index in [9.17, 15) is 4.79 Å². The van der Waals surface area contributed by atoms with E-state index in [0.29, 0.717) is 23.8 Å². The van der Waals surface area contributed by atoms with E-state index >= 15 is 0 Å². The first-order valence-electron chi connectivity index (χ1n) is 8.31. The molecule has 0 aliphatic carbocycles. The summed E-state index contributed by atoms with van der Waals surface area (Å²) in [5.41, 5.74) is 1.44. The molecular formula is C16H23N5O2. The molecule has 1 aliphatic heterocycles. The summed E-state index contributed by atoms with van der Waals surface area (Å²) in [6.45, 7) is 7.49. The minimum Gasteiger partial charge on any atom is -0.337 e. The highest BCUT2D eigenvalue weighted by atomic mass is 16.5. The summed E-state index contributed by atoms with van der Waals surface area (Å²) >= 11 is 0. The van der Waals surface area contributed by atoms with E-state index in [0.717, 1.165) is 37.9 Å². The summed E-state index contributed by atoms with van der Waals surface area (Å²) in [6, 6.07) is -0.121. The van der Waals surface area contributed by atoms with Crippen LogP contribution in [0.15, 0.2) is 10.7 Å². The van der Waals surface area contributed by atoms with Gasteiger partial charge in [0.25, 0.3) is 5.91 Å². The van der Waals surface area contributed by atoms with Gasteiger partial charge in [0, 0.05) is 25.7 Å². The molecule has 0 saturated carbocycles. The Bertz CT molecular complexity index is 690. The lowest BCUT2D eigenvalue weighted by Gasteiger charge is -2.21. The summed E-state index contributed by atoms with van der Waals surface area (Å²) < 4.78 is 7.20. The second-order valence-electron chi connectivity index (χ2n) is 5.95. The number of carbonyl (C=O) groups is 1. The van der Waals surface area contributed by atoms with Gasteiger partial charge in [-0.15, -0.1) is 0 Å². The first-order chi connectivity index (χ1) is 11.1. The van der Waals surface area contributed by atoms with Crippen LogP contribution in [-0.2, 0) is 13.0 Å². The summed E-state index contributed by atoms with van der Waals surface area (Å²) in [5, 5.41) is 8.38. The Kier molecular flexibility index (Phi) is 4.45. The average Bonchev–Trinajstić information content (AvgIpc) is 3.25. The molecule has 23 heavy (non-hydrogen) atoms. The van der Waals surface area contributed by atoms with Crippen LogP contribution in [-0.4, -0.2) is 37.3 Å². The highest BCUT2D eigenvalue weighted by molar-refractivity contribution is 5.95. The molecule has 0 radical (unpaired) electrons. The fourth-order valence-corrected chi connectivity index (χ4v) is 3.04. The van der Waals surface area contributed by atoms with Gasteiger partial charge in [0.05, 0.1) is 11.3 Å². The van der Waals surface area contributed by atoms with Crippen LogP contribution in [0.25, 0.3) is 0 Å². The Morgan fingerprint density at radius 1 is 1.43 bits per heavy atom. The first-order valence-corrected chi connectivity index (χ1v) is 8.31. The number of hydrogen-bond donors (Lipinski definition) is 0. The second kappa shape index (κ2) is 6.52. The van der Waals surface area contributed by atoms with E-state index < -0.39 is 0 Å². The zero-order valence-electron chi connectivity index (χ0n) is 13.9. The zero-order valence-corrected chi connectivity index (χ0v) is 13.9. The normalized spacial score (nSPS) is 17.9. The molecule has 7 heteroatoms. The van der Waals surface area contributed by atoms with Gasteiger partial charge in [-0.1, -0.05) is 19.0 Å². The van der Waals surface area contributed by atoms with Crippen LogP contribution in [0.4, 0.5) is 0 Å². The molecule has 3 heterocycles. The third-order valence-corrected chi connectivity index (χ3v) is 4.23. The molecule has 1 fully saturated rings. The highest BCUT2D eigenvalue weighted by Crippen LogP contribution is 2.32. The number of aromatic nitrogens is 4. The lowest BCUT2D eigenvalue weighted by molar-refractivity contribution is 0.0709. The predicted octanol–water partition coefficient (Wildman–Crippen LogP) is 2.52. The third-order valence-electron chi connectivity index (χ3n) is 4.23. The lowest BCUT2D eigenvalue weighted by atomic mass is 10.2. The Balaban J connectivity index is 1.83. The first kappa shape index (κ1) is 15.7. The van der Waals surface area contributed by atoms with Gasteiger partial charge in [-0.3, -0.25) is 9.48 Å². The van der Waals surface area contributed by atoms with Gasteiger partial charge in [0.15, 0.2) is 5.82 Å². The van der Waals surface area contributed by atoms with Crippen molar-refractivity contribution in [1.29, 1.82) is 0 Å². The van der Waals surface area contributed by atoms with Crippen LogP contribution < -0.4 is 0 Å². The van der Waals surface area contributed by atoms with Crippen molar-refractivity contribution in [3.63, 3.8) is 0 Å². The predicted molar refractivity (Wildman–Crippen MR) is 83.9 cm³/mol. The van der Waals surface area contributed by atoms with Gasteiger partial charge in [-0.25, -0.2) is 0 Å². The number of likely N-dealkylation sites (tertiary alicyclic amines) is 1. The van der Waals surface area contributed by atoms with Crippen molar-refractivity contribution in [2.24, 2.45) is 0 Å². The number of carbonyl (C=O) groups excluding carboxylic acids is 1. The van der Waals surface area contributed by atoms with Crippen LogP contribution in [0.1, 0.15) is 66.9 Å². The maximum Gasteiger partial charge on any atom is 0.258 e. The molecule has 2 aromatic rings. The quantitative estimate of drug-likeness (QED) is 0.847. The maximum absolute atomic E-state index is 12.9. The molecule has 0 bridgehead atoms. The summed E-state index contributed by atoms with van der Waals surface area (Å²) in [5.74, 6) is 1.24. The monoisotopic (exact) mass is 317 g/mol. The number of nitrogens with zero attached hydrogens (tertiary/aromatic N) is 5. The van der Waals surface area contributed by atoms with Crippen molar-refractivity contribution in [2.45, 2.75) is 59.0 Å². The zero-order chi connectivity index (χ0) is 16.4. The SMILES string of the molecule is CCCn1cc(C(=O)N2CCC[C@H]2c2nc(CC)no2)c(C)n1. The van der Waals surface area contributed by atoms with E-state index in [4.69, 9.17) is 4.52 Å². The van der Waals surface area contributed by atoms with Crippen molar-refractivity contribution in [1.82, 2.24) is 24.8 Å². The molecule has 0 N–H and O–H groups in total. The van der Waals surface area contributed by atoms with E-state index in [2.05, 4.69) is 22.2 Å². The molecule has 1 saturated heterocycles. The summed E-state index contributed by atoms with van der Waals surface area (Å²) in [7, 11) is 0. The minimum absolute atomic E-state index is 0.00333. The smallest absolute Gasteiger partial charge is 0.258 e. The Morgan fingerprint density at radius 3 is 2.96 bits per heavy atom. The third kappa shape index (κ3) is 3.00. The van der Waals surface area contributed by atoms with Crippen molar-refractivity contribution < 1.29 is 9.32 Å². The van der Waals surface area contributed by atoms with Crippen LogP contribution in [0.5, 0.6) is 0 Å². The van der Waals surface area contributed by atoms with Crippen molar-refractivity contribution >= 4 is 5.91 Å². The summed E-state index contributed by atoms with van der Waals surface area (Å²) in [4.78, 5) is 19.2. The lowest BCUT2D eigenvalue weighted by Crippen LogP contribution is -2.31. The molecule has 7 nitrogen and oxygen atoms in total. The van der Waals surface area contributed by atoms with Gasteiger partial charge in [0.2, 0.25) is 5.89 Å². The number of rotatable bonds is 5. The average molecular weight is 317 g/mol. The molecular weight excluding hydrogens is 294 g/mol. The molecule has 1 atom stereocenters. The van der Waals surface area contributed by atoms with Gasteiger partial charge in [0.1, 0.15) is 6.04 Å².